The van der Waals surface area contributed by atoms with Gasteiger partial charge >= 0.3 is 0 Å². The van der Waals surface area contributed by atoms with Gasteiger partial charge in [0.15, 0.2) is 0 Å². The van der Waals surface area contributed by atoms with Gasteiger partial charge in [0.2, 0.25) is 0 Å². The smallest absolute Gasteiger partial charge is 0.0478 e. The molecule has 0 aliphatic rings. The predicted molar refractivity (Wildman–Crippen MR) is 69.8 cm³/mol. The quantitative estimate of drug-likeness (QED) is 0.473. The van der Waals surface area contributed by atoms with Crippen molar-refractivity contribution in [2.24, 2.45) is 5.73 Å². The van der Waals surface area contributed by atoms with Crippen LogP contribution in [0, 0.1) is 0 Å². The van der Waals surface area contributed by atoms with Crippen molar-refractivity contribution in [3.63, 3.8) is 0 Å². The highest BCUT2D eigenvalue weighted by atomic mass is 16.5. The minimum atomic E-state index is 0. The van der Waals surface area contributed by atoms with Gasteiger partial charge in [0.05, 0.1) is 0 Å². The molecule has 0 aliphatic heterocycles. The summed E-state index contributed by atoms with van der Waals surface area (Å²) in [4.78, 5) is 0. The molecule has 0 aromatic heterocycles. The van der Waals surface area contributed by atoms with Crippen LogP contribution < -0.4 is 11.1 Å². The van der Waals surface area contributed by atoms with Crippen molar-refractivity contribution >= 4 is 0 Å². The Kier molecular flexibility index (Phi) is 14.7. The Bertz CT molecular complexity index is 115. The molecular formula is C12H30N2O2. The Balaban J connectivity index is 0. The van der Waals surface area contributed by atoms with Crippen molar-refractivity contribution < 1.29 is 10.9 Å². The molecule has 0 aliphatic carbocycles. The molecule has 0 heterocycles. The van der Waals surface area contributed by atoms with Crippen LogP contribution in [0.2, 0.25) is 0 Å². The number of hydrogen-bond acceptors (Lipinski definition) is 4. The van der Waals surface area contributed by atoms with Crippen molar-refractivity contribution in [2.75, 3.05) is 46.1 Å². The lowest BCUT2D eigenvalue weighted by atomic mass is 10.3. The van der Waals surface area contributed by atoms with Crippen LogP contribution in [-0.2, 0) is 9.47 Å². The van der Waals surface area contributed by atoms with Crippen molar-refractivity contribution in [3.05, 3.63) is 0 Å². The van der Waals surface area contributed by atoms with Gasteiger partial charge in [0, 0.05) is 27.9 Å². The first-order chi connectivity index (χ1) is 7.91. The maximum Gasteiger partial charge on any atom is 0.0478 e. The zero-order valence-corrected chi connectivity index (χ0v) is 10.7. The molecule has 3 N–H and O–H groups in total. The van der Waals surface area contributed by atoms with Gasteiger partial charge in [-0.3, -0.25) is 0 Å². The highest BCUT2D eigenvalue weighted by molar-refractivity contribution is 4.44. The second-order valence-corrected chi connectivity index (χ2v) is 3.78. The molecule has 0 aromatic carbocycles. The third kappa shape index (κ3) is 13.8. The largest absolute Gasteiger partial charge is 0.381 e. The van der Waals surface area contributed by atoms with Crippen LogP contribution in [-0.4, -0.2) is 46.1 Å². The van der Waals surface area contributed by atoms with E-state index in [1.807, 2.05) is 0 Å². The van der Waals surface area contributed by atoms with Crippen LogP contribution in [0.3, 0.4) is 0 Å². The summed E-state index contributed by atoms with van der Waals surface area (Å²) in [6.07, 6.45) is 4.23. The molecule has 0 aromatic rings. The van der Waals surface area contributed by atoms with E-state index < -0.39 is 0 Å². The van der Waals surface area contributed by atoms with Crippen LogP contribution in [0.1, 0.15) is 34.0 Å². The Morgan fingerprint density at radius 1 is 0.938 bits per heavy atom. The molecule has 0 spiro atoms. The molecule has 0 saturated carbocycles. The number of nitrogens with two attached hydrogens (primary N) is 1. The van der Waals surface area contributed by atoms with Gasteiger partial charge in [-0.25, -0.2) is 0 Å². The maximum absolute atomic E-state index is 5.49. The number of unbranched alkanes of at least 4 members (excludes halogenated alkanes) is 1. The summed E-state index contributed by atoms with van der Waals surface area (Å²) in [6, 6.07) is 0. The minimum absolute atomic E-state index is 0. The van der Waals surface area contributed by atoms with Crippen molar-refractivity contribution in [1.82, 2.24) is 5.32 Å². The van der Waals surface area contributed by atoms with Crippen LogP contribution in [0.4, 0.5) is 0 Å². The summed E-state index contributed by atoms with van der Waals surface area (Å²) >= 11 is 0. The molecule has 0 fully saturated rings. The van der Waals surface area contributed by atoms with Crippen molar-refractivity contribution in [1.29, 1.82) is 0 Å². The number of hydrogen-bond donors (Lipinski definition) is 2. The molecule has 0 unspecified atom stereocenters. The zero-order valence-electron chi connectivity index (χ0n) is 10.7. The number of rotatable bonds is 13. The topological polar surface area (TPSA) is 56.5 Å². The van der Waals surface area contributed by atoms with Gasteiger partial charge in [-0.15, -0.1) is 0 Å². The van der Waals surface area contributed by atoms with E-state index in [2.05, 4.69) is 12.2 Å². The second kappa shape index (κ2) is 14.8. The first-order valence-electron chi connectivity index (χ1n) is 6.48. The third-order valence-electron chi connectivity index (χ3n) is 2.21. The van der Waals surface area contributed by atoms with Crippen molar-refractivity contribution in [3.8, 4) is 0 Å². The van der Waals surface area contributed by atoms with Gasteiger partial charge in [-0.2, -0.15) is 0 Å². The highest BCUT2D eigenvalue weighted by Crippen LogP contribution is 1.93. The first-order valence-corrected chi connectivity index (χ1v) is 6.48. The SMILES string of the molecule is CCNCCCOCCCCOCCCN.[HH]. The highest BCUT2D eigenvalue weighted by Gasteiger charge is 1.91. The van der Waals surface area contributed by atoms with E-state index in [9.17, 15) is 0 Å². The summed E-state index contributed by atoms with van der Waals surface area (Å²) in [5.41, 5.74) is 5.35. The molecule has 100 valence electrons. The van der Waals surface area contributed by atoms with Crippen LogP contribution in [0.5, 0.6) is 0 Å². The van der Waals surface area contributed by atoms with Crippen LogP contribution in [0.15, 0.2) is 0 Å². The van der Waals surface area contributed by atoms with E-state index in [1.54, 1.807) is 0 Å². The summed E-state index contributed by atoms with van der Waals surface area (Å²) in [5, 5.41) is 3.27. The van der Waals surface area contributed by atoms with E-state index in [1.165, 1.54) is 0 Å². The Hall–Kier alpha value is -0.160. The fourth-order valence-electron chi connectivity index (χ4n) is 1.27. The average molecular weight is 234 g/mol. The molecule has 4 heteroatoms. The first kappa shape index (κ1) is 15.8. The summed E-state index contributed by atoms with van der Waals surface area (Å²) in [5.74, 6) is 0. The van der Waals surface area contributed by atoms with E-state index in [0.29, 0.717) is 0 Å². The van der Waals surface area contributed by atoms with Crippen LogP contribution in [0.25, 0.3) is 0 Å². The molecule has 16 heavy (non-hydrogen) atoms. The van der Waals surface area contributed by atoms with Gasteiger partial charge in [-0.1, -0.05) is 6.92 Å². The van der Waals surface area contributed by atoms with Gasteiger partial charge in [0.1, 0.15) is 0 Å². The third-order valence-corrected chi connectivity index (χ3v) is 2.21. The summed E-state index contributed by atoms with van der Waals surface area (Å²) in [7, 11) is 0. The van der Waals surface area contributed by atoms with E-state index in [4.69, 9.17) is 15.2 Å². The molecule has 0 atom stereocenters. The Morgan fingerprint density at radius 2 is 1.50 bits per heavy atom. The van der Waals surface area contributed by atoms with Gasteiger partial charge in [-0.05, 0) is 45.3 Å². The molecular weight excluding hydrogens is 204 g/mol. The number of nitrogens with one attached hydrogen (secondary N) is 1. The normalized spacial score (nSPS) is 10.9. The van der Waals surface area contributed by atoms with Gasteiger partial charge < -0.3 is 20.5 Å². The van der Waals surface area contributed by atoms with E-state index >= 15 is 0 Å². The lowest BCUT2D eigenvalue weighted by Crippen LogP contribution is -2.15. The second-order valence-electron chi connectivity index (χ2n) is 3.78. The standard InChI is InChI=1S/C12H28N2O2.H2/c1-2-14-8-6-12-16-10-4-3-9-15-11-5-7-13;/h14H,2-13H2,1H3;1H. The van der Waals surface area contributed by atoms with E-state index in [-0.39, 0.29) is 1.43 Å². The Labute approximate surface area is 101 Å². The molecule has 0 radical (unpaired) electrons. The monoisotopic (exact) mass is 234 g/mol. The lowest BCUT2D eigenvalue weighted by molar-refractivity contribution is 0.101. The lowest BCUT2D eigenvalue weighted by Gasteiger charge is -2.05. The minimum Gasteiger partial charge on any atom is -0.381 e. The van der Waals surface area contributed by atoms with E-state index in [0.717, 1.165) is 71.7 Å². The molecule has 0 bridgehead atoms. The predicted octanol–water partition coefficient (Wildman–Crippen LogP) is 1.39. The fraction of sp³-hybridized carbons (Fsp3) is 1.00. The summed E-state index contributed by atoms with van der Waals surface area (Å²) < 4.78 is 10.9. The summed E-state index contributed by atoms with van der Waals surface area (Å²) in [6.45, 7) is 8.27. The molecule has 0 amide bonds. The fourth-order valence-corrected chi connectivity index (χ4v) is 1.27. The van der Waals surface area contributed by atoms with Gasteiger partial charge in [0.25, 0.3) is 0 Å². The van der Waals surface area contributed by atoms with Crippen molar-refractivity contribution in [2.45, 2.75) is 32.6 Å². The average Bonchev–Trinajstić information content (AvgIpc) is 2.31. The zero-order chi connectivity index (χ0) is 11.9. The molecule has 4 nitrogen and oxygen atoms in total. The number of ether oxygens (including phenoxy) is 2. The maximum atomic E-state index is 5.49. The molecule has 0 saturated heterocycles. The van der Waals surface area contributed by atoms with Crippen LogP contribution >= 0.6 is 0 Å². The molecule has 0 rings (SSSR count). The Morgan fingerprint density at radius 3 is 2.06 bits per heavy atom.